The van der Waals surface area contributed by atoms with Gasteiger partial charge in [-0.2, -0.15) is 8.75 Å². The van der Waals surface area contributed by atoms with Crippen molar-refractivity contribution in [3.05, 3.63) is 41.0 Å². The standard InChI is InChI=1S/C12H14ClN3S/c1-12(2,9-6-4-3-5-7-9)8-14-11-10(13)15-17-16-11/h3-7H,8H2,1-2H3,(H,14,16). The highest BCUT2D eigenvalue weighted by atomic mass is 35.5. The summed E-state index contributed by atoms with van der Waals surface area (Å²) in [6.07, 6.45) is 0. The molecule has 0 amide bonds. The third-order valence-corrected chi connectivity index (χ3v) is 3.59. The highest BCUT2D eigenvalue weighted by Crippen LogP contribution is 2.25. The van der Waals surface area contributed by atoms with Crippen molar-refractivity contribution < 1.29 is 0 Å². The van der Waals surface area contributed by atoms with Crippen LogP contribution in [-0.4, -0.2) is 15.3 Å². The Hall–Kier alpha value is -1.13. The van der Waals surface area contributed by atoms with Crippen LogP contribution in [0.1, 0.15) is 19.4 Å². The van der Waals surface area contributed by atoms with E-state index in [1.54, 1.807) is 0 Å². The van der Waals surface area contributed by atoms with Gasteiger partial charge in [0.15, 0.2) is 11.0 Å². The van der Waals surface area contributed by atoms with Gasteiger partial charge in [-0.15, -0.1) is 0 Å². The summed E-state index contributed by atoms with van der Waals surface area (Å²) < 4.78 is 8.02. The third-order valence-electron chi connectivity index (χ3n) is 2.70. The average molecular weight is 268 g/mol. The van der Waals surface area contributed by atoms with Crippen LogP contribution < -0.4 is 5.32 Å². The van der Waals surface area contributed by atoms with Crippen molar-refractivity contribution in [1.29, 1.82) is 0 Å². The zero-order valence-corrected chi connectivity index (χ0v) is 11.3. The maximum Gasteiger partial charge on any atom is 0.186 e. The summed E-state index contributed by atoms with van der Waals surface area (Å²) in [4.78, 5) is 0. The molecule has 2 aromatic rings. The summed E-state index contributed by atoms with van der Waals surface area (Å²) in [5.74, 6) is 0.667. The average Bonchev–Trinajstić information content (AvgIpc) is 2.74. The molecule has 0 bridgehead atoms. The molecule has 5 heteroatoms. The first-order valence-corrected chi connectivity index (χ1v) is 6.48. The summed E-state index contributed by atoms with van der Waals surface area (Å²) in [7, 11) is 0. The molecule has 0 radical (unpaired) electrons. The van der Waals surface area contributed by atoms with Crippen molar-refractivity contribution in [1.82, 2.24) is 8.75 Å². The zero-order chi connectivity index (χ0) is 12.3. The van der Waals surface area contributed by atoms with Crippen LogP contribution in [0, 0.1) is 0 Å². The molecule has 0 saturated carbocycles. The van der Waals surface area contributed by atoms with Crippen LogP contribution in [-0.2, 0) is 5.41 Å². The normalized spacial score (nSPS) is 11.5. The first kappa shape index (κ1) is 12.3. The minimum absolute atomic E-state index is 0.0220. The number of aromatic nitrogens is 2. The van der Waals surface area contributed by atoms with Crippen LogP contribution in [0.15, 0.2) is 30.3 Å². The second-order valence-electron chi connectivity index (χ2n) is 4.51. The number of anilines is 1. The van der Waals surface area contributed by atoms with Crippen LogP contribution in [0.4, 0.5) is 5.82 Å². The van der Waals surface area contributed by atoms with E-state index < -0.39 is 0 Å². The van der Waals surface area contributed by atoms with Gasteiger partial charge in [0.05, 0.1) is 11.7 Å². The first-order chi connectivity index (χ1) is 8.09. The van der Waals surface area contributed by atoms with Gasteiger partial charge < -0.3 is 5.32 Å². The van der Waals surface area contributed by atoms with E-state index >= 15 is 0 Å². The number of halogens is 1. The van der Waals surface area contributed by atoms with Crippen molar-refractivity contribution >= 4 is 29.1 Å². The first-order valence-electron chi connectivity index (χ1n) is 5.37. The van der Waals surface area contributed by atoms with E-state index in [9.17, 15) is 0 Å². The minimum atomic E-state index is 0.0220. The van der Waals surface area contributed by atoms with Gasteiger partial charge in [0.2, 0.25) is 0 Å². The summed E-state index contributed by atoms with van der Waals surface area (Å²) in [6, 6.07) is 10.4. The molecule has 0 saturated heterocycles. The Morgan fingerprint density at radius 2 is 1.94 bits per heavy atom. The van der Waals surface area contributed by atoms with Crippen molar-refractivity contribution in [2.75, 3.05) is 11.9 Å². The largest absolute Gasteiger partial charge is 0.366 e. The fourth-order valence-electron chi connectivity index (χ4n) is 1.58. The van der Waals surface area contributed by atoms with Gasteiger partial charge in [-0.25, -0.2) is 0 Å². The lowest BCUT2D eigenvalue weighted by Crippen LogP contribution is -2.27. The van der Waals surface area contributed by atoms with Crippen molar-refractivity contribution in [3.63, 3.8) is 0 Å². The fraction of sp³-hybridized carbons (Fsp3) is 0.333. The molecule has 0 fully saturated rings. The number of rotatable bonds is 4. The molecule has 1 aromatic heterocycles. The highest BCUT2D eigenvalue weighted by molar-refractivity contribution is 6.99. The Morgan fingerprint density at radius 1 is 1.24 bits per heavy atom. The molecular weight excluding hydrogens is 254 g/mol. The van der Waals surface area contributed by atoms with Crippen LogP contribution in [0.5, 0.6) is 0 Å². The summed E-state index contributed by atoms with van der Waals surface area (Å²) in [5.41, 5.74) is 1.31. The molecule has 0 aliphatic rings. The molecule has 2 rings (SSSR count). The SMILES string of the molecule is CC(C)(CNc1nsnc1Cl)c1ccccc1. The van der Waals surface area contributed by atoms with Crippen molar-refractivity contribution in [2.45, 2.75) is 19.3 Å². The predicted molar refractivity (Wildman–Crippen MR) is 72.9 cm³/mol. The van der Waals surface area contributed by atoms with E-state index in [2.05, 4.69) is 52.2 Å². The van der Waals surface area contributed by atoms with E-state index in [0.29, 0.717) is 11.0 Å². The molecule has 0 unspecified atom stereocenters. The molecule has 3 nitrogen and oxygen atoms in total. The Labute approximate surface area is 110 Å². The second-order valence-corrected chi connectivity index (χ2v) is 5.39. The smallest absolute Gasteiger partial charge is 0.186 e. The van der Waals surface area contributed by atoms with E-state index in [1.807, 2.05) is 6.07 Å². The van der Waals surface area contributed by atoms with E-state index in [1.165, 1.54) is 5.56 Å². The molecule has 1 heterocycles. The molecule has 90 valence electrons. The van der Waals surface area contributed by atoms with E-state index in [-0.39, 0.29) is 5.41 Å². The minimum Gasteiger partial charge on any atom is -0.366 e. The van der Waals surface area contributed by atoms with Gasteiger partial charge in [0.25, 0.3) is 0 Å². The molecule has 0 atom stereocenters. The zero-order valence-electron chi connectivity index (χ0n) is 9.77. The number of nitrogens with one attached hydrogen (secondary N) is 1. The fourth-order valence-corrected chi connectivity index (χ4v) is 2.26. The predicted octanol–water partition coefficient (Wildman–Crippen LogP) is 3.58. The highest BCUT2D eigenvalue weighted by Gasteiger charge is 2.20. The Bertz CT molecular complexity index is 482. The summed E-state index contributed by atoms with van der Waals surface area (Å²) in [5, 5.41) is 3.68. The Kier molecular flexibility index (Phi) is 3.64. The summed E-state index contributed by atoms with van der Waals surface area (Å²) >= 11 is 7.01. The van der Waals surface area contributed by atoms with Gasteiger partial charge in [0, 0.05) is 12.0 Å². The molecule has 0 aliphatic carbocycles. The van der Waals surface area contributed by atoms with Crippen molar-refractivity contribution in [2.24, 2.45) is 0 Å². The lowest BCUT2D eigenvalue weighted by Gasteiger charge is -2.25. The lowest BCUT2D eigenvalue weighted by molar-refractivity contribution is 0.556. The van der Waals surface area contributed by atoms with Gasteiger partial charge in [-0.1, -0.05) is 55.8 Å². The Balaban J connectivity index is 2.06. The second kappa shape index (κ2) is 5.02. The summed E-state index contributed by atoms with van der Waals surface area (Å²) in [6.45, 7) is 5.13. The van der Waals surface area contributed by atoms with E-state index in [4.69, 9.17) is 11.6 Å². The Morgan fingerprint density at radius 3 is 2.53 bits per heavy atom. The number of benzene rings is 1. The van der Waals surface area contributed by atoms with Gasteiger partial charge >= 0.3 is 0 Å². The number of hydrogen-bond donors (Lipinski definition) is 1. The molecule has 1 aromatic carbocycles. The third kappa shape index (κ3) is 2.96. The molecule has 0 aliphatic heterocycles. The van der Waals surface area contributed by atoms with Gasteiger partial charge in [-0.3, -0.25) is 0 Å². The number of nitrogens with zero attached hydrogens (tertiary/aromatic N) is 2. The van der Waals surface area contributed by atoms with Gasteiger partial charge in [-0.05, 0) is 5.56 Å². The lowest BCUT2D eigenvalue weighted by atomic mass is 9.85. The molecule has 17 heavy (non-hydrogen) atoms. The van der Waals surface area contributed by atoms with Gasteiger partial charge in [0.1, 0.15) is 0 Å². The topological polar surface area (TPSA) is 37.8 Å². The molecular formula is C12H14ClN3S. The van der Waals surface area contributed by atoms with Crippen LogP contribution in [0.2, 0.25) is 5.15 Å². The molecule has 0 spiro atoms. The van der Waals surface area contributed by atoms with Crippen LogP contribution >= 0.6 is 23.3 Å². The van der Waals surface area contributed by atoms with Crippen molar-refractivity contribution in [3.8, 4) is 0 Å². The molecule has 1 N–H and O–H groups in total. The maximum atomic E-state index is 5.89. The monoisotopic (exact) mass is 267 g/mol. The quantitative estimate of drug-likeness (QED) is 0.920. The number of hydrogen-bond acceptors (Lipinski definition) is 4. The maximum absolute atomic E-state index is 5.89. The van der Waals surface area contributed by atoms with E-state index in [0.717, 1.165) is 18.3 Å². The van der Waals surface area contributed by atoms with Crippen LogP contribution in [0.3, 0.4) is 0 Å². The van der Waals surface area contributed by atoms with Crippen LogP contribution in [0.25, 0.3) is 0 Å².